The summed E-state index contributed by atoms with van der Waals surface area (Å²) in [5.41, 5.74) is 0.456. The third kappa shape index (κ3) is 3.08. The van der Waals surface area contributed by atoms with Gasteiger partial charge < -0.3 is 10.6 Å². The molecule has 0 spiro atoms. The number of halogens is 2. The molecular formula is C15H13F2N7. The number of hydrogen-bond acceptors (Lipinski definition) is 6. The van der Waals surface area contributed by atoms with Gasteiger partial charge in [-0.15, -0.1) is 0 Å². The van der Waals surface area contributed by atoms with E-state index in [0.29, 0.717) is 18.1 Å². The van der Waals surface area contributed by atoms with Gasteiger partial charge in [0.1, 0.15) is 17.8 Å². The summed E-state index contributed by atoms with van der Waals surface area (Å²) < 4.78 is 29.1. The number of nitrogens with zero attached hydrogens (tertiary/aromatic N) is 5. The summed E-state index contributed by atoms with van der Waals surface area (Å²) in [4.78, 5) is 8.23. The number of rotatable bonds is 5. The highest BCUT2D eigenvalue weighted by molar-refractivity contribution is 5.51. The molecule has 2 N–H and O–H groups in total. The van der Waals surface area contributed by atoms with E-state index in [-0.39, 0.29) is 17.8 Å². The van der Waals surface area contributed by atoms with Crippen LogP contribution in [-0.2, 0) is 0 Å². The van der Waals surface area contributed by atoms with Gasteiger partial charge in [-0.3, -0.25) is 0 Å². The number of benzene rings is 1. The summed E-state index contributed by atoms with van der Waals surface area (Å²) >= 11 is 0. The summed E-state index contributed by atoms with van der Waals surface area (Å²) in [5, 5.41) is 18.5. The molecule has 2 aromatic heterocycles. The first-order chi connectivity index (χ1) is 11.6. The van der Waals surface area contributed by atoms with E-state index in [9.17, 15) is 8.78 Å². The second-order valence-electron chi connectivity index (χ2n) is 5.03. The number of anilines is 2. The second-order valence-corrected chi connectivity index (χ2v) is 5.03. The molecule has 122 valence electrons. The lowest BCUT2D eigenvalue weighted by atomic mass is 10.2. The Morgan fingerprint density at radius 1 is 1.17 bits per heavy atom. The van der Waals surface area contributed by atoms with Gasteiger partial charge in [-0.2, -0.15) is 19.9 Å². The van der Waals surface area contributed by atoms with Gasteiger partial charge in [0.25, 0.3) is 5.78 Å². The van der Waals surface area contributed by atoms with Gasteiger partial charge in [0.15, 0.2) is 11.6 Å². The summed E-state index contributed by atoms with van der Waals surface area (Å²) in [7, 11) is 0. The molecule has 0 atom stereocenters. The van der Waals surface area contributed by atoms with Crippen molar-refractivity contribution in [2.45, 2.75) is 6.92 Å². The van der Waals surface area contributed by atoms with Crippen LogP contribution in [0.1, 0.15) is 11.3 Å². The highest BCUT2D eigenvalue weighted by Crippen LogP contribution is 2.20. The summed E-state index contributed by atoms with van der Waals surface area (Å²) in [6.07, 6.45) is 1.40. The molecule has 3 rings (SSSR count). The fourth-order valence-corrected chi connectivity index (χ4v) is 2.24. The molecule has 0 aliphatic heterocycles. The Labute approximate surface area is 136 Å². The first-order valence-electron chi connectivity index (χ1n) is 7.13. The highest BCUT2D eigenvalue weighted by atomic mass is 19.1. The number of fused-ring (bicyclic) bond motifs is 1. The zero-order chi connectivity index (χ0) is 17.1. The van der Waals surface area contributed by atoms with E-state index in [1.165, 1.54) is 10.8 Å². The maximum Gasteiger partial charge on any atom is 0.254 e. The van der Waals surface area contributed by atoms with Crippen LogP contribution in [0.4, 0.5) is 20.3 Å². The SMILES string of the molecule is Cc1cc(NCCNc2c(F)cc(C#N)cc2F)n2ncnc2n1. The predicted molar refractivity (Wildman–Crippen MR) is 83.6 cm³/mol. The number of hydrogen-bond donors (Lipinski definition) is 2. The Kier molecular flexibility index (Phi) is 4.20. The Hall–Kier alpha value is -3.28. The monoisotopic (exact) mass is 329 g/mol. The molecule has 0 aliphatic carbocycles. The maximum absolute atomic E-state index is 13.8. The van der Waals surface area contributed by atoms with Crippen LogP contribution in [0.3, 0.4) is 0 Å². The van der Waals surface area contributed by atoms with Gasteiger partial charge in [0.05, 0.1) is 11.6 Å². The first-order valence-corrected chi connectivity index (χ1v) is 7.13. The van der Waals surface area contributed by atoms with Crippen molar-refractivity contribution >= 4 is 17.3 Å². The molecule has 7 nitrogen and oxygen atoms in total. The van der Waals surface area contributed by atoms with Crippen molar-refractivity contribution in [3.05, 3.63) is 47.4 Å². The molecule has 0 radical (unpaired) electrons. The number of nitriles is 1. The second kappa shape index (κ2) is 6.45. The van der Waals surface area contributed by atoms with E-state index in [4.69, 9.17) is 5.26 Å². The smallest absolute Gasteiger partial charge is 0.254 e. The van der Waals surface area contributed by atoms with E-state index in [2.05, 4.69) is 25.7 Å². The van der Waals surface area contributed by atoms with Gasteiger partial charge in [-0.05, 0) is 19.1 Å². The van der Waals surface area contributed by atoms with Crippen molar-refractivity contribution in [3.8, 4) is 6.07 Å². The van der Waals surface area contributed by atoms with Crippen LogP contribution in [0.2, 0.25) is 0 Å². The Morgan fingerprint density at radius 2 is 1.88 bits per heavy atom. The quantitative estimate of drug-likeness (QED) is 0.697. The summed E-state index contributed by atoms with van der Waals surface area (Å²) in [5.74, 6) is -0.456. The standard InChI is InChI=1S/C15H13F2N7/c1-9-4-13(24-15(23-9)21-8-22-24)19-2-3-20-14-11(16)5-10(7-18)6-12(14)17/h4-6,8,19-20H,2-3H2,1H3. The van der Waals surface area contributed by atoms with Gasteiger partial charge in [-0.1, -0.05) is 0 Å². The van der Waals surface area contributed by atoms with Crippen LogP contribution in [0.15, 0.2) is 24.5 Å². The van der Waals surface area contributed by atoms with Crippen molar-refractivity contribution in [3.63, 3.8) is 0 Å². The lowest BCUT2D eigenvalue weighted by Crippen LogP contribution is -2.17. The van der Waals surface area contributed by atoms with Crippen molar-refractivity contribution in [1.29, 1.82) is 5.26 Å². The lowest BCUT2D eigenvalue weighted by Gasteiger charge is -2.11. The molecule has 9 heteroatoms. The normalized spacial score (nSPS) is 10.6. The van der Waals surface area contributed by atoms with E-state index >= 15 is 0 Å². The number of aryl methyl sites for hydroxylation is 1. The molecule has 0 unspecified atom stereocenters. The maximum atomic E-state index is 13.8. The highest BCUT2D eigenvalue weighted by Gasteiger charge is 2.11. The van der Waals surface area contributed by atoms with Gasteiger partial charge in [0.2, 0.25) is 0 Å². The van der Waals surface area contributed by atoms with E-state index in [1.54, 1.807) is 12.1 Å². The average Bonchev–Trinajstić information content (AvgIpc) is 3.01. The molecule has 0 saturated heterocycles. The fourth-order valence-electron chi connectivity index (χ4n) is 2.24. The van der Waals surface area contributed by atoms with Crippen LogP contribution in [0.25, 0.3) is 5.78 Å². The van der Waals surface area contributed by atoms with Crippen LogP contribution >= 0.6 is 0 Å². The van der Waals surface area contributed by atoms with E-state index in [0.717, 1.165) is 17.8 Å². The van der Waals surface area contributed by atoms with Crippen LogP contribution < -0.4 is 10.6 Å². The van der Waals surface area contributed by atoms with Crippen LogP contribution in [0.5, 0.6) is 0 Å². The fraction of sp³-hybridized carbons (Fsp3) is 0.200. The molecule has 0 bridgehead atoms. The van der Waals surface area contributed by atoms with Gasteiger partial charge in [-0.25, -0.2) is 13.8 Å². The van der Waals surface area contributed by atoms with Crippen LogP contribution in [0, 0.1) is 29.9 Å². The molecule has 0 amide bonds. The van der Waals surface area contributed by atoms with Crippen molar-refractivity contribution in [2.75, 3.05) is 23.7 Å². The van der Waals surface area contributed by atoms with Crippen LogP contribution in [-0.4, -0.2) is 32.7 Å². The Balaban J connectivity index is 1.65. The zero-order valence-corrected chi connectivity index (χ0v) is 12.7. The zero-order valence-electron chi connectivity index (χ0n) is 12.7. The Morgan fingerprint density at radius 3 is 2.58 bits per heavy atom. The number of aromatic nitrogens is 4. The van der Waals surface area contributed by atoms with E-state index in [1.807, 2.05) is 6.92 Å². The molecular weight excluding hydrogens is 316 g/mol. The third-order valence-electron chi connectivity index (χ3n) is 3.28. The minimum absolute atomic E-state index is 0.0606. The van der Waals surface area contributed by atoms with Gasteiger partial charge >= 0.3 is 0 Å². The molecule has 0 saturated carbocycles. The minimum Gasteiger partial charge on any atom is -0.379 e. The topological polar surface area (TPSA) is 90.9 Å². The van der Waals surface area contributed by atoms with Crippen molar-refractivity contribution < 1.29 is 8.78 Å². The van der Waals surface area contributed by atoms with Gasteiger partial charge in [0, 0.05) is 24.8 Å². The molecule has 1 aromatic carbocycles. The summed E-state index contributed by atoms with van der Waals surface area (Å²) in [6.45, 7) is 2.48. The number of nitrogens with one attached hydrogen (secondary N) is 2. The molecule has 3 aromatic rings. The first kappa shape index (κ1) is 15.6. The Bertz CT molecular complexity index is 906. The van der Waals surface area contributed by atoms with E-state index < -0.39 is 11.6 Å². The van der Waals surface area contributed by atoms with Crippen molar-refractivity contribution in [2.24, 2.45) is 0 Å². The molecule has 0 fully saturated rings. The van der Waals surface area contributed by atoms with Crippen molar-refractivity contribution in [1.82, 2.24) is 19.6 Å². The lowest BCUT2D eigenvalue weighted by molar-refractivity contribution is 0.587. The molecule has 2 heterocycles. The minimum atomic E-state index is -0.801. The largest absolute Gasteiger partial charge is 0.379 e. The predicted octanol–water partition coefficient (Wildman–Crippen LogP) is 2.11. The summed E-state index contributed by atoms with van der Waals surface area (Å²) in [6, 6.07) is 5.48. The molecule has 0 aliphatic rings. The average molecular weight is 329 g/mol. The third-order valence-corrected chi connectivity index (χ3v) is 3.28. The molecule has 24 heavy (non-hydrogen) atoms.